The van der Waals surface area contributed by atoms with Gasteiger partial charge in [0.1, 0.15) is 11.8 Å². The largest absolute Gasteiger partial charge is 0.357 e. The van der Waals surface area contributed by atoms with Gasteiger partial charge in [-0.05, 0) is 25.5 Å². The van der Waals surface area contributed by atoms with Crippen LogP contribution in [0.15, 0.2) is 30.1 Å². The average molecular weight is 256 g/mol. The Hall–Kier alpha value is -1.86. The van der Waals surface area contributed by atoms with Crippen molar-refractivity contribution in [3.05, 3.63) is 35.8 Å². The summed E-state index contributed by atoms with van der Waals surface area (Å²) < 4.78 is 0. The van der Waals surface area contributed by atoms with Gasteiger partial charge in [-0.15, -0.1) is 0 Å². The first kappa shape index (κ1) is 13.6. The highest BCUT2D eigenvalue weighted by atomic mass is 15.2. The smallest absolute Gasteiger partial charge is 0.121 e. The van der Waals surface area contributed by atoms with Gasteiger partial charge in [0.2, 0.25) is 0 Å². The van der Waals surface area contributed by atoms with Crippen molar-refractivity contribution in [1.29, 1.82) is 5.26 Å². The summed E-state index contributed by atoms with van der Waals surface area (Å²) in [7, 11) is 0. The van der Waals surface area contributed by atoms with Crippen molar-refractivity contribution in [2.24, 2.45) is 0 Å². The van der Waals surface area contributed by atoms with E-state index in [9.17, 15) is 5.26 Å². The molecule has 1 aromatic rings. The molecule has 100 valence electrons. The predicted molar refractivity (Wildman–Crippen MR) is 76.1 cm³/mol. The maximum Gasteiger partial charge on any atom is 0.121 e. The van der Waals surface area contributed by atoms with E-state index in [1.165, 1.54) is 0 Å². The van der Waals surface area contributed by atoms with E-state index in [2.05, 4.69) is 35.1 Å². The molecule has 2 heterocycles. The standard InChI is InChI=1S/C15H20N4/c1-3-13(14-6-4-5-7-18-14)15(10-16)19-9-8-17-11-12(19)2/h4-7,12,17H,3,8-9,11H2,1-2H3/b15-13+. The molecule has 1 saturated heterocycles. The lowest BCUT2D eigenvalue weighted by molar-refractivity contribution is 0.232. The molecule has 4 heteroatoms. The van der Waals surface area contributed by atoms with E-state index in [1.807, 2.05) is 18.2 Å². The van der Waals surface area contributed by atoms with Crippen LogP contribution in [0.5, 0.6) is 0 Å². The summed E-state index contributed by atoms with van der Waals surface area (Å²) in [5.41, 5.74) is 2.72. The lowest BCUT2D eigenvalue weighted by Gasteiger charge is -2.36. The molecule has 0 spiro atoms. The molecule has 0 amide bonds. The van der Waals surface area contributed by atoms with E-state index in [0.717, 1.165) is 43.0 Å². The van der Waals surface area contributed by atoms with E-state index < -0.39 is 0 Å². The van der Waals surface area contributed by atoms with Crippen LogP contribution in [-0.4, -0.2) is 35.6 Å². The second-order valence-electron chi connectivity index (χ2n) is 4.75. The van der Waals surface area contributed by atoms with Gasteiger partial charge in [-0.2, -0.15) is 5.26 Å². The highest BCUT2D eigenvalue weighted by molar-refractivity contribution is 5.68. The normalized spacial score (nSPS) is 20.7. The van der Waals surface area contributed by atoms with E-state index >= 15 is 0 Å². The van der Waals surface area contributed by atoms with Crippen LogP contribution in [0.1, 0.15) is 26.0 Å². The number of hydrogen-bond donors (Lipinski definition) is 1. The number of hydrogen-bond acceptors (Lipinski definition) is 4. The van der Waals surface area contributed by atoms with Crippen LogP contribution in [-0.2, 0) is 0 Å². The zero-order valence-electron chi connectivity index (χ0n) is 11.6. The fourth-order valence-electron chi connectivity index (χ4n) is 2.49. The molecule has 0 aliphatic carbocycles. The van der Waals surface area contributed by atoms with E-state index in [0.29, 0.717) is 6.04 Å². The van der Waals surface area contributed by atoms with Crippen molar-refractivity contribution in [1.82, 2.24) is 15.2 Å². The molecule has 1 fully saturated rings. The maximum atomic E-state index is 9.56. The maximum absolute atomic E-state index is 9.56. The molecule has 2 rings (SSSR count). The molecule has 4 nitrogen and oxygen atoms in total. The number of nitrogens with zero attached hydrogens (tertiary/aromatic N) is 3. The van der Waals surface area contributed by atoms with Crippen molar-refractivity contribution in [2.45, 2.75) is 26.3 Å². The summed E-state index contributed by atoms with van der Waals surface area (Å²) in [5, 5.41) is 12.9. The summed E-state index contributed by atoms with van der Waals surface area (Å²) in [5.74, 6) is 0. The quantitative estimate of drug-likeness (QED) is 0.841. The molecule has 1 N–H and O–H groups in total. The van der Waals surface area contributed by atoms with Gasteiger partial charge in [-0.25, -0.2) is 0 Å². The molecule has 0 aromatic carbocycles. The Labute approximate surface area is 114 Å². The molecule has 1 aromatic heterocycles. The fourth-order valence-corrected chi connectivity index (χ4v) is 2.49. The third kappa shape index (κ3) is 2.94. The molecular formula is C15H20N4. The van der Waals surface area contributed by atoms with Crippen LogP contribution in [0.4, 0.5) is 0 Å². The molecule has 0 radical (unpaired) electrons. The van der Waals surface area contributed by atoms with Gasteiger partial charge in [0.05, 0.1) is 5.69 Å². The SMILES string of the molecule is CC/C(=C(/C#N)N1CCNCC1C)c1ccccn1. The first-order chi connectivity index (χ1) is 9.27. The Bertz CT molecular complexity index is 487. The minimum absolute atomic E-state index is 0.341. The number of allylic oxidation sites excluding steroid dienone is 2. The van der Waals surface area contributed by atoms with Crippen molar-refractivity contribution >= 4 is 5.57 Å². The van der Waals surface area contributed by atoms with Crippen molar-refractivity contribution in [3.63, 3.8) is 0 Å². The number of rotatable bonds is 3. The Morgan fingerprint density at radius 1 is 1.58 bits per heavy atom. The number of nitrogens with one attached hydrogen (secondary N) is 1. The van der Waals surface area contributed by atoms with Gasteiger partial charge in [0.15, 0.2) is 0 Å². The van der Waals surface area contributed by atoms with Crippen LogP contribution in [0.25, 0.3) is 5.57 Å². The molecule has 19 heavy (non-hydrogen) atoms. The summed E-state index contributed by atoms with van der Waals surface area (Å²) in [6, 6.07) is 8.57. The Morgan fingerprint density at radius 3 is 3.00 bits per heavy atom. The average Bonchev–Trinajstić information content (AvgIpc) is 2.46. The zero-order valence-corrected chi connectivity index (χ0v) is 11.6. The molecule has 1 aliphatic heterocycles. The highest BCUT2D eigenvalue weighted by Gasteiger charge is 2.23. The Kier molecular flexibility index (Phi) is 4.53. The van der Waals surface area contributed by atoms with Crippen molar-refractivity contribution in [3.8, 4) is 6.07 Å². The number of pyridine rings is 1. The number of aromatic nitrogens is 1. The molecule has 0 saturated carbocycles. The summed E-state index contributed by atoms with van der Waals surface area (Å²) in [6.45, 7) is 6.95. The lowest BCUT2D eigenvalue weighted by atomic mass is 10.0. The van der Waals surface area contributed by atoms with E-state index in [4.69, 9.17) is 0 Å². The topological polar surface area (TPSA) is 52.0 Å². The summed E-state index contributed by atoms with van der Waals surface area (Å²) in [4.78, 5) is 6.59. The van der Waals surface area contributed by atoms with Crippen molar-refractivity contribution in [2.75, 3.05) is 19.6 Å². The van der Waals surface area contributed by atoms with E-state index in [1.54, 1.807) is 6.20 Å². The number of nitriles is 1. The second-order valence-corrected chi connectivity index (χ2v) is 4.75. The zero-order chi connectivity index (χ0) is 13.7. The summed E-state index contributed by atoms with van der Waals surface area (Å²) >= 11 is 0. The minimum Gasteiger partial charge on any atom is -0.357 e. The minimum atomic E-state index is 0.341. The van der Waals surface area contributed by atoms with Crippen molar-refractivity contribution < 1.29 is 0 Å². The molecule has 0 bridgehead atoms. The summed E-state index contributed by atoms with van der Waals surface area (Å²) in [6.07, 6.45) is 2.59. The third-order valence-corrected chi connectivity index (χ3v) is 3.51. The van der Waals surface area contributed by atoms with Gasteiger partial charge < -0.3 is 10.2 Å². The van der Waals surface area contributed by atoms with Gasteiger partial charge in [-0.3, -0.25) is 4.98 Å². The van der Waals surface area contributed by atoms with Gasteiger partial charge in [0, 0.05) is 37.4 Å². The van der Waals surface area contributed by atoms with Crippen LogP contribution >= 0.6 is 0 Å². The first-order valence-electron chi connectivity index (χ1n) is 6.80. The highest BCUT2D eigenvalue weighted by Crippen LogP contribution is 2.24. The monoisotopic (exact) mass is 256 g/mol. The van der Waals surface area contributed by atoms with Crippen LogP contribution in [0, 0.1) is 11.3 Å². The Balaban J connectivity index is 2.41. The molecular weight excluding hydrogens is 236 g/mol. The first-order valence-corrected chi connectivity index (χ1v) is 6.80. The fraction of sp³-hybridized carbons (Fsp3) is 0.467. The van der Waals surface area contributed by atoms with Gasteiger partial charge in [0.25, 0.3) is 0 Å². The molecule has 1 unspecified atom stereocenters. The predicted octanol–water partition coefficient (Wildman–Crippen LogP) is 2.02. The number of piperazine rings is 1. The van der Waals surface area contributed by atoms with E-state index in [-0.39, 0.29) is 0 Å². The van der Waals surface area contributed by atoms with Crippen LogP contribution in [0.3, 0.4) is 0 Å². The van der Waals surface area contributed by atoms with Crippen LogP contribution in [0.2, 0.25) is 0 Å². The third-order valence-electron chi connectivity index (χ3n) is 3.51. The second kappa shape index (κ2) is 6.35. The molecule has 1 aliphatic rings. The lowest BCUT2D eigenvalue weighted by Crippen LogP contribution is -2.49. The molecule has 1 atom stereocenters. The van der Waals surface area contributed by atoms with Gasteiger partial charge >= 0.3 is 0 Å². The van der Waals surface area contributed by atoms with Crippen LogP contribution < -0.4 is 5.32 Å². The Morgan fingerprint density at radius 2 is 2.42 bits per heavy atom. The van der Waals surface area contributed by atoms with Gasteiger partial charge in [-0.1, -0.05) is 13.0 Å².